The third-order valence-corrected chi connectivity index (χ3v) is 4.05. The van der Waals surface area contributed by atoms with Crippen molar-refractivity contribution in [1.82, 2.24) is 0 Å². The van der Waals surface area contributed by atoms with E-state index in [9.17, 15) is 4.79 Å². The molecule has 3 rings (SSSR count). The minimum atomic E-state index is -0.335. The van der Waals surface area contributed by atoms with E-state index in [1.807, 2.05) is 19.1 Å². The molecule has 1 aromatic heterocycles. The molecular weight excluding hydrogens is 292 g/mol. The van der Waals surface area contributed by atoms with Gasteiger partial charge in [-0.15, -0.1) is 0 Å². The molecule has 123 valence electrons. The Hall–Kier alpha value is -1.81. The van der Waals surface area contributed by atoms with Gasteiger partial charge in [0.05, 0.1) is 6.61 Å². The van der Waals surface area contributed by atoms with Crippen molar-refractivity contribution in [1.29, 1.82) is 0 Å². The molecule has 0 amide bonds. The van der Waals surface area contributed by atoms with Gasteiger partial charge in [0.1, 0.15) is 11.3 Å². The molecule has 1 fully saturated rings. The van der Waals surface area contributed by atoms with Crippen molar-refractivity contribution >= 4 is 11.0 Å². The number of benzene rings is 1. The van der Waals surface area contributed by atoms with Gasteiger partial charge in [0, 0.05) is 23.4 Å². The molecule has 4 nitrogen and oxygen atoms in total. The van der Waals surface area contributed by atoms with E-state index in [0.29, 0.717) is 17.3 Å². The van der Waals surface area contributed by atoms with Gasteiger partial charge < -0.3 is 13.9 Å². The van der Waals surface area contributed by atoms with E-state index in [1.54, 1.807) is 6.07 Å². The van der Waals surface area contributed by atoms with Crippen molar-refractivity contribution in [2.45, 2.75) is 46.3 Å². The van der Waals surface area contributed by atoms with Gasteiger partial charge in [-0.1, -0.05) is 13.8 Å². The summed E-state index contributed by atoms with van der Waals surface area (Å²) in [5.74, 6) is 1.07. The van der Waals surface area contributed by atoms with Crippen LogP contribution in [0, 0.1) is 19.3 Å². The maximum Gasteiger partial charge on any atom is 0.336 e. The molecule has 1 atom stereocenters. The average molecular weight is 315 g/mol. The van der Waals surface area contributed by atoms with Crippen LogP contribution in [0.2, 0.25) is 0 Å². The van der Waals surface area contributed by atoms with Crippen molar-refractivity contribution in [3.63, 3.8) is 0 Å². The summed E-state index contributed by atoms with van der Waals surface area (Å²) in [6.45, 7) is 6.83. The normalized spacial score (nSPS) is 18.5. The Balaban J connectivity index is 1.99. The van der Waals surface area contributed by atoms with Gasteiger partial charge >= 0.3 is 5.63 Å². The first-order valence-corrected chi connectivity index (χ1v) is 8.25. The Labute approximate surface area is 136 Å². The Bertz CT molecular complexity index is 739. The Kier molecular flexibility index (Phi) is 4.71. The van der Waals surface area contributed by atoms with Gasteiger partial charge in [0.2, 0.25) is 0 Å². The fourth-order valence-corrected chi connectivity index (χ4v) is 2.94. The first-order chi connectivity index (χ1) is 11.0. The van der Waals surface area contributed by atoms with Crippen LogP contribution in [-0.2, 0) is 4.74 Å². The fourth-order valence-electron chi connectivity index (χ4n) is 2.94. The quantitative estimate of drug-likeness (QED) is 0.793. The highest BCUT2D eigenvalue weighted by Crippen LogP contribution is 2.31. The van der Waals surface area contributed by atoms with Crippen LogP contribution in [0.25, 0.3) is 11.0 Å². The lowest BCUT2D eigenvalue weighted by Gasteiger charge is -2.24. The van der Waals surface area contributed by atoms with E-state index in [4.69, 9.17) is 13.9 Å². The standard InChI is InChI=1S/C19H23O4/c1-12(2)10-14-11-17(20)23-19-13(3)16(8-7-15(14)19)22-18-6-4-5-9-21-18/h7-8,10-12,18H,4-6,9H2,1-3H3. The predicted molar refractivity (Wildman–Crippen MR) is 89.7 cm³/mol. The molecule has 0 bridgehead atoms. The molecule has 23 heavy (non-hydrogen) atoms. The number of rotatable bonds is 4. The largest absolute Gasteiger partial charge is 0.465 e. The summed E-state index contributed by atoms with van der Waals surface area (Å²) >= 11 is 0. The van der Waals surface area contributed by atoms with Gasteiger partial charge in [0.25, 0.3) is 0 Å². The van der Waals surface area contributed by atoms with Crippen molar-refractivity contribution < 1.29 is 13.9 Å². The summed E-state index contributed by atoms with van der Waals surface area (Å²) in [6, 6.07) is 5.44. The van der Waals surface area contributed by atoms with Crippen molar-refractivity contribution in [3.05, 3.63) is 46.2 Å². The third-order valence-electron chi connectivity index (χ3n) is 4.05. The molecule has 0 spiro atoms. The lowest BCUT2D eigenvalue weighted by Crippen LogP contribution is -2.25. The second-order valence-corrected chi connectivity index (χ2v) is 6.41. The van der Waals surface area contributed by atoms with Crippen LogP contribution < -0.4 is 10.4 Å². The molecule has 1 aliphatic rings. The number of hydrogen-bond acceptors (Lipinski definition) is 4. The van der Waals surface area contributed by atoms with Crippen molar-refractivity contribution in [2.24, 2.45) is 5.92 Å². The second kappa shape index (κ2) is 6.75. The van der Waals surface area contributed by atoms with Crippen LogP contribution in [0.4, 0.5) is 0 Å². The highest BCUT2D eigenvalue weighted by Gasteiger charge is 2.18. The third kappa shape index (κ3) is 3.58. The van der Waals surface area contributed by atoms with Gasteiger partial charge in [-0.05, 0) is 49.8 Å². The summed E-state index contributed by atoms with van der Waals surface area (Å²) in [5.41, 5.74) is 2.01. The fraction of sp³-hybridized carbons (Fsp3) is 0.474. The van der Waals surface area contributed by atoms with E-state index in [1.165, 1.54) is 0 Å². The zero-order valence-corrected chi connectivity index (χ0v) is 13.9. The van der Waals surface area contributed by atoms with Crippen LogP contribution in [0.15, 0.2) is 27.4 Å². The monoisotopic (exact) mass is 315 g/mol. The van der Waals surface area contributed by atoms with E-state index >= 15 is 0 Å². The molecular formula is C19H23O4. The molecule has 1 saturated heterocycles. The SMILES string of the molecule is Cc1c(OC2CCCCO2)ccc2c([CH]C(C)C)cc(=O)oc12. The topological polar surface area (TPSA) is 48.7 Å². The first-order valence-electron chi connectivity index (χ1n) is 8.25. The molecule has 2 heterocycles. The van der Waals surface area contributed by atoms with Gasteiger partial charge in [-0.3, -0.25) is 0 Å². The van der Waals surface area contributed by atoms with Crippen LogP contribution >= 0.6 is 0 Å². The molecule has 2 aromatic rings. The number of hydrogen-bond donors (Lipinski definition) is 0. The number of aryl methyl sites for hydroxylation is 1. The Morgan fingerprint density at radius 1 is 1.30 bits per heavy atom. The number of ether oxygens (including phenoxy) is 2. The summed E-state index contributed by atoms with van der Waals surface area (Å²) < 4.78 is 17.0. The van der Waals surface area contributed by atoms with Gasteiger partial charge in [-0.25, -0.2) is 4.79 Å². The van der Waals surface area contributed by atoms with Crippen LogP contribution in [0.1, 0.15) is 44.2 Å². The summed E-state index contributed by atoms with van der Waals surface area (Å²) in [6.07, 6.45) is 4.95. The van der Waals surface area contributed by atoms with Gasteiger partial charge in [-0.2, -0.15) is 0 Å². The lowest BCUT2D eigenvalue weighted by molar-refractivity contribution is -0.106. The van der Waals surface area contributed by atoms with Crippen LogP contribution in [0.5, 0.6) is 5.75 Å². The van der Waals surface area contributed by atoms with Gasteiger partial charge in [0.15, 0.2) is 6.29 Å². The average Bonchev–Trinajstić information content (AvgIpc) is 2.51. The van der Waals surface area contributed by atoms with Crippen molar-refractivity contribution in [3.8, 4) is 5.75 Å². The highest BCUT2D eigenvalue weighted by molar-refractivity contribution is 5.86. The minimum Gasteiger partial charge on any atom is -0.465 e. The lowest BCUT2D eigenvalue weighted by atomic mass is 9.98. The van der Waals surface area contributed by atoms with Crippen LogP contribution in [0.3, 0.4) is 0 Å². The minimum absolute atomic E-state index is 0.211. The molecule has 4 heteroatoms. The molecule has 1 radical (unpaired) electrons. The van der Waals surface area contributed by atoms with E-state index in [2.05, 4.69) is 20.3 Å². The summed E-state index contributed by atoms with van der Waals surface area (Å²) in [4.78, 5) is 11.9. The maximum absolute atomic E-state index is 11.9. The molecule has 0 saturated carbocycles. The Morgan fingerprint density at radius 3 is 2.83 bits per heavy atom. The molecule has 0 aliphatic carbocycles. The van der Waals surface area contributed by atoms with E-state index in [0.717, 1.165) is 42.4 Å². The summed E-state index contributed by atoms with van der Waals surface area (Å²) in [7, 11) is 0. The Morgan fingerprint density at radius 2 is 2.13 bits per heavy atom. The molecule has 1 unspecified atom stereocenters. The van der Waals surface area contributed by atoms with Crippen LogP contribution in [-0.4, -0.2) is 12.9 Å². The second-order valence-electron chi connectivity index (χ2n) is 6.41. The van der Waals surface area contributed by atoms with E-state index < -0.39 is 0 Å². The maximum atomic E-state index is 11.9. The highest BCUT2D eigenvalue weighted by atomic mass is 16.7. The zero-order valence-electron chi connectivity index (χ0n) is 13.9. The molecule has 0 N–H and O–H groups in total. The van der Waals surface area contributed by atoms with E-state index in [-0.39, 0.29) is 11.9 Å². The molecule has 1 aliphatic heterocycles. The number of fused-ring (bicyclic) bond motifs is 1. The molecule has 1 aromatic carbocycles. The van der Waals surface area contributed by atoms with Crippen molar-refractivity contribution in [2.75, 3.05) is 6.61 Å². The first kappa shape index (κ1) is 16.1. The zero-order chi connectivity index (χ0) is 16.4. The summed E-state index contributed by atoms with van der Waals surface area (Å²) in [5, 5.41) is 0.938. The smallest absolute Gasteiger partial charge is 0.336 e. The predicted octanol–water partition coefficient (Wildman–Crippen LogP) is 4.22.